The van der Waals surface area contributed by atoms with Crippen molar-refractivity contribution in [1.29, 1.82) is 0 Å². The number of rotatable bonds is 7. The summed E-state index contributed by atoms with van der Waals surface area (Å²) in [4.78, 5) is 2.17. The van der Waals surface area contributed by atoms with Crippen LogP contribution in [-0.4, -0.2) is 57.7 Å². The smallest absolute Gasteiger partial charge is 0.279 e. The van der Waals surface area contributed by atoms with E-state index in [0.717, 1.165) is 12.2 Å². The first-order valence-corrected chi connectivity index (χ1v) is 9.97. The Bertz CT molecular complexity index is 626. The summed E-state index contributed by atoms with van der Waals surface area (Å²) in [6.45, 7) is 10.6. The highest BCUT2D eigenvalue weighted by Crippen LogP contribution is 2.16. The Morgan fingerprint density at radius 1 is 1.29 bits per heavy atom. The van der Waals surface area contributed by atoms with Crippen LogP contribution in [0.2, 0.25) is 0 Å². The number of nitrogens with one attached hydrogen (secondary N) is 1. The van der Waals surface area contributed by atoms with Crippen molar-refractivity contribution in [1.82, 2.24) is 9.03 Å². The lowest BCUT2D eigenvalue weighted by Gasteiger charge is -2.34. The van der Waals surface area contributed by atoms with Gasteiger partial charge >= 0.3 is 0 Å². The molecule has 7 heteroatoms. The minimum Gasteiger partial charge on any atom is -0.373 e. The summed E-state index contributed by atoms with van der Waals surface area (Å²) in [7, 11) is -3.47. The summed E-state index contributed by atoms with van der Waals surface area (Å²) in [6.07, 6.45) is -0.158. The topological polar surface area (TPSA) is 61.9 Å². The third-order valence-electron chi connectivity index (χ3n) is 4.14. The Hall–Kier alpha value is -1.15. The first kappa shape index (κ1) is 19.2. The fourth-order valence-corrected chi connectivity index (χ4v) is 4.37. The van der Waals surface area contributed by atoms with E-state index >= 15 is 0 Å². The van der Waals surface area contributed by atoms with Gasteiger partial charge in [-0.15, -0.1) is 0 Å². The van der Waals surface area contributed by atoms with Crippen molar-refractivity contribution in [2.45, 2.75) is 39.9 Å². The Kier molecular flexibility index (Phi) is 6.62. The Morgan fingerprint density at radius 2 is 1.96 bits per heavy atom. The van der Waals surface area contributed by atoms with Gasteiger partial charge in [-0.2, -0.15) is 12.7 Å². The first-order valence-electron chi connectivity index (χ1n) is 8.53. The maximum atomic E-state index is 12.5. The molecular formula is C17H29N3O3S. The van der Waals surface area contributed by atoms with Crippen LogP contribution in [0.1, 0.15) is 26.3 Å². The van der Waals surface area contributed by atoms with E-state index in [1.54, 1.807) is 0 Å². The van der Waals surface area contributed by atoms with Gasteiger partial charge in [-0.1, -0.05) is 12.1 Å². The molecule has 2 atom stereocenters. The van der Waals surface area contributed by atoms with Crippen molar-refractivity contribution in [3.05, 3.63) is 29.8 Å². The van der Waals surface area contributed by atoms with Gasteiger partial charge < -0.3 is 9.64 Å². The SMILES string of the molecule is CCN(CCNS(=O)(=O)N1C[C@@H](C)O[C@H](C)C1)c1cccc(C)c1. The van der Waals surface area contributed by atoms with Crippen LogP contribution in [0.25, 0.3) is 0 Å². The molecule has 1 aromatic rings. The average Bonchev–Trinajstić information content (AvgIpc) is 2.50. The summed E-state index contributed by atoms with van der Waals surface area (Å²) < 4.78 is 34.8. The first-order chi connectivity index (χ1) is 11.3. The van der Waals surface area contributed by atoms with Gasteiger partial charge in [0.15, 0.2) is 0 Å². The highest BCUT2D eigenvalue weighted by atomic mass is 32.2. The van der Waals surface area contributed by atoms with Gasteiger partial charge in [0.2, 0.25) is 0 Å². The second-order valence-electron chi connectivity index (χ2n) is 6.39. The molecule has 1 aliphatic heterocycles. The molecule has 2 rings (SSSR count). The molecular weight excluding hydrogens is 326 g/mol. The maximum absolute atomic E-state index is 12.5. The fraction of sp³-hybridized carbons (Fsp3) is 0.647. The second kappa shape index (κ2) is 8.29. The minimum absolute atomic E-state index is 0.0789. The van der Waals surface area contributed by atoms with Crippen LogP contribution in [-0.2, 0) is 14.9 Å². The third-order valence-corrected chi connectivity index (χ3v) is 5.69. The number of hydrogen-bond donors (Lipinski definition) is 1. The van der Waals surface area contributed by atoms with Crippen LogP contribution in [0.4, 0.5) is 5.69 Å². The van der Waals surface area contributed by atoms with E-state index in [1.807, 2.05) is 19.9 Å². The maximum Gasteiger partial charge on any atom is 0.279 e. The molecule has 0 saturated carbocycles. The predicted molar refractivity (Wildman–Crippen MR) is 97.6 cm³/mol. The number of ether oxygens (including phenoxy) is 1. The molecule has 6 nitrogen and oxygen atoms in total. The Balaban J connectivity index is 1.91. The van der Waals surface area contributed by atoms with Crippen LogP contribution in [0.15, 0.2) is 24.3 Å². The molecule has 0 bridgehead atoms. The van der Waals surface area contributed by atoms with E-state index < -0.39 is 10.2 Å². The lowest BCUT2D eigenvalue weighted by atomic mass is 10.2. The molecule has 136 valence electrons. The van der Waals surface area contributed by atoms with E-state index in [-0.39, 0.29) is 12.2 Å². The lowest BCUT2D eigenvalue weighted by Crippen LogP contribution is -2.52. The van der Waals surface area contributed by atoms with E-state index in [1.165, 1.54) is 9.87 Å². The molecule has 1 saturated heterocycles. The summed E-state index contributed by atoms with van der Waals surface area (Å²) in [5.41, 5.74) is 2.31. The number of likely N-dealkylation sites (N-methyl/N-ethyl adjacent to an activating group) is 1. The molecule has 0 unspecified atom stereocenters. The molecule has 0 aromatic heterocycles. The van der Waals surface area contributed by atoms with Crippen LogP contribution in [0, 0.1) is 6.92 Å². The van der Waals surface area contributed by atoms with Crippen molar-refractivity contribution in [2.24, 2.45) is 0 Å². The summed E-state index contributed by atoms with van der Waals surface area (Å²) in [6, 6.07) is 8.24. The van der Waals surface area contributed by atoms with Gasteiger partial charge in [0, 0.05) is 38.4 Å². The second-order valence-corrected chi connectivity index (χ2v) is 8.15. The average molecular weight is 356 g/mol. The van der Waals surface area contributed by atoms with Gasteiger partial charge in [-0.3, -0.25) is 0 Å². The number of hydrogen-bond acceptors (Lipinski definition) is 4. The van der Waals surface area contributed by atoms with Crippen molar-refractivity contribution in [3.8, 4) is 0 Å². The molecule has 1 aromatic carbocycles. The van der Waals surface area contributed by atoms with Gasteiger partial charge in [-0.05, 0) is 45.4 Å². The summed E-state index contributed by atoms with van der Waals surface area (Å²) in [5.74, 6) is 0. The van der Waals surface area contributed by atoms with Crippen molar-refractivity contribution >= 4 is 15.9 Å². The van der Waals surface area contributed by atoms with Crippen molar-refractivity contribution in [2.75, 3.05) is 37.6 Å². The van der Waals surface area contributed by atoms with Crippen LogP contribution >= 0.6 is 0 Å². The third kappa shape index (κ3) is 5.17. The lowest BCUT2D eigenvalue weighted by molar-refractivity contribution is -0.0443. The van der Waals surface area contributed by atoms with Gasteiger partial charge in [0.05, 0.1) is 12.2 Å². The minimum atomic E-state index is -3.47. The molecule has 0 aliphatic carbocycles. The number of anilines is 1. The predicted octanol–water partition coefficient (Wildman–Crippen LogP) is 1.76. The monoisotopic (exact) mass is 355 g/mol. The van der Waals surface area contributed by atoms with Gasteiger partial charge in [0.1, 0.15) is 0 Å². The zero-order valence-corrected chi connectivity index (χ0v) is 15.8. The van der Waals surface area contributed by atoms with Gasteiger partial charge in [-0.25, -0.2) is 4.72 Å². The summed E-state index contributed by atoms with van der Waals surface area (Å²) >= 11 is 0. The zero-order valence-electron chi connectivity index (χ0n) is 15.0. The standard InChI is InChI=1S/C17H29N3O3S/c1-5-19(17-8-6-7-14(2)11-17)10-9-18-24(21,22)20-12-15(3)23-16(4)13-20/h6-8,11,15-16,18H,5,9-10,12-13H2,1-4H3/t15-,16-/m1/s1. The summed E-state index contributed by atoms with van der Waals surface area (Å²) in [5, 5.41) is 0. The normalized spacial score (nSPS) is 22.5. The van der Waals surface area contributed by atoms with Crippen molar-refractivity contribution < 1.29 is 13.2 Å². The molecule has 1 aliphatic rings. The molecule has 1 N–H and O–H groups in total. The van der Waals surface area contributed by atoms with E-state index in [2.05, 4.69) is 41.7 Å². The molecule has 1 fully saturated rings. The number of benzene rings is 1. The van der Waals surface area contributed by atoms with Gasteiger partial charge in [0.25, 0.3) is 10.2 Å². The number of aryl methyl sites for hydroxylation is 1. The van der Waals surface area contributed by atoms with Crippen molar-refractivity contribution in [3.63, 3.8) is 0 Å². The zero-order chi connectivity index (χ0) is 17.7. The quantitative estimate of drug-likeness (QED) is 0.810. The van der Waals surface area contributed by atoms with Crippen LogP contribution in [0.3, 0.4) is 0 Å². The molecule has 0 spiro atoms. The Morgan fingerprint density at radius 3 is 2.54 bits per heavy atom. The largest absolute Gasteiger partial charge is 0.373 e. The Labute approximate surface area is 146 Å². The highest BCUT2D eigenvalue weighted by molar-refractivity contribution is 7.87. The number of morpholine rings is 1. The van der Waals surface area contributed by atoms with Crippen LogP contribution in [0.5, 0.6) is 0 Å². The van der Waals surface area contributed by atoms with E-state index in [9.17, 15) is 8.42 Å². The molecule has 0 amide bonds. The van der Waals surface area contributed by atoms with E-state index in [0.29, 0.717) is 26.2 Å². The van der Waals surface area contributed by atoms with Crippen LogP contribution < -0.4 is 9.62 Å². The number of nitrogens with zero attached hydrogens (tertiary/aromatic N) is 2. The molecule has 24 heavy (non-hydrogen) atoms. The molecule has 0 radical (unpaired) electrons. The highest BCUT2D eigenvalue weighted by Gasteiger charge is 2.30. The van der Waals surface area contributed by atoms with E-state index in [4.69, 9.17) is 4.74 Å². The molecule has 1 heterocycles. The fourth-order valence-electron chi connectivity index (χ4n) is 3.02.